The Morgan fingerprint density at radius 1 is 0.722 bits per heavy atom. The van der Waals surface area contributed by atoms with Gasteiger partial charge in [0.15, 0.2) is 0 Å². The molecule has 2 spiro atoms. The van der Waals surface area contributed by atoms with Crippen molar-refractivity contribution in [1.29, 1.82) is 0 Å². The number of aliphatic hydroxyl groups excluding tert-OH is 2. The Labute approximate surface area is 310 Å². The molecule has 16 nitrogen and oxygen atoms in total. The second-order valence-electron chi connectivity index (χ2n) is 12.9. The summed E-state index contributed by atoms with van der Waals surface area (Å²) in [5.74, 6) is -11.5. The molecule has 54 heavy (non-hydrogen) atoms. The number of esters is 5. The Balaban J connectivity index is 1.30. The maximum Gasteiger partial charge on any atom is 0.348 e. The number of allylic oxidation sites excluding steroid dienone is 10. The molecule has 2 saturated heterocycles. The minimum atomic E-state index is -1.64. The van der Waals surface area contributed by atoms with Crippen LogP contribution in [0.4, 0.5) is 0 Å². The van der Waals surface area contributed by atoms with E-state index in [-0.39, 0.29) is 48.9 Å². The highest BCUT2D eigenvalue weighted by molar-refractivity contribution is 6.16. The van der Waals surface area contributed by atoms with Crippen molar-refractivity contribution < 1.29 is 76.9 Å². The zero-order chi connectivity index (χ0) is 39.6. The van der Waals surface area contributed by atoms with Gasteiger partial charge in [0.2, 0.25) is 0 Å². The van der Waals surface area contributed by atoms with Crippen molar-refractivity contribution in [2.75, 3.05) is 0 Å². The number of hydrogen-bond donors (Lipinski definition) is 2. The number of carbonyl (C=O) groups is 6. The number of hydrogen-bond acceptors (Lipinski definition) is 16. The van der Waals surface area contributed by atoms with Crippen LogP contribution in [0.15, 0.2) is 95.4 Å². The molecule has 0 radical (unpaired) electrons. The van der Waals surface area contributed by atoms with Gasteiger partial charge in [-0.15, -0.1) is 0 Å². The minimum absolute atomic E-state index is 0.0932. The van der Waals surface area contributed by atoms with Crippen molar-refractivity contribution in [1.82, 2.24) is 0 Å². The second-order valence-corrected chi connectivity index (χ2v) is 12.9. The molecule has 1 atom stereocenters. The van der Waals surface area contributed by atoms with Gasteiger partial charge in [0.1, 0.15) is 16.7 Å². The van der Waals surface area contributed by atoms with Gasteiger partial charge in [-0.2, -0.15) is 0 Å². The summed E-state index contributed by atoms with van der Waals surface area (Å²) in [6.07, 6.45) is 16.2. The van der Waals surface area contributed by atoms with Gasteiger partial charge in [-0.1, -0.05) is 56.4 Å². The molecule has 290 valence electrons. The zero-order valence-corrected chi connectivity index (χ0v) is 30.2. The lowest BCUT2D eigenvalue weighted by atomic mass is 9.87. The van der Waals surface area contributed by atoms with E-state index in [1.54, 1.807) is 0 Å². The van der Waals surface area contributed by atoms with Crippen molar-refractivity contribution in [3.05, 3.63) is 95.4 Å². The largest absolute Gasteiger partial charge is 0.481 e. The summed E-state index contributed by atoms with van der Waals surface area (Å²) in [5, 5.41) is 20.5. The third-order valence-corrected chi connectivity index (χ3v) is 8.45. The van der Waals surface area contributed by atoms with E-state index in [0.29, 0.717) is 25.7 Å². The van der Waals surface area contributed by atoms with Crippen molar-refractivity contribution in [2.24, 2.45) is 0 Å². The van der Waals surface area contributed by atoms with E-state index in [2.05, 4.69) is 0 Å². The lowest BCUT2D eigenvalue weighted by molar-refractivity contribution is -0.297. The maximum absolute atomic E-state index is 12.8. The molecule has 4 rings (SSSR count). The Kier molecular flexibility index (Phi) is 12.9. The Bertz CT molecular complexity index is 1720. The van der Waals surface area contributed by atoms with Crippen molar-refractivity contribution >= 4 is 36.3 Å². The fourth-order valence-corrected chi connectivity index (χ4v) is 5.84. The lowest BCUT2D eigenvalue weighted by Gasteiger charge is -2.46. The number of ether oxygens (including phenoxy) is 8. The van der Waals surface area contributed by atoms with Crippen LogP contribution in [-0.4, -0.2) is 69.7 Å². The molecule has 1 saturated carbocycles. The van der Waals surface area contributed by atoms with Crippen LogP contribution in [0.1, 0.15) is 79.1 Å². The molecule has 2 N–H and O–H groups in total. The molecular weight excluding hydrogens is 712 g/mol. The molecule has 3 heterocycles. The fourth-order valence-electron chi connectivity index (χ4n) is 5.84. The van der Waals surface area contributed by atoms with E-state index in [1.165, 1.54) is 80.7 Å². The minimum Gasteiger partial charge on any atom is -0.481 e. The fraction of sp³-hybridized carbons (Fsp3) is 0.421. The van der Waals surface area contributed by atoms with Crippen molar-refractivity contribution in [3.63, 3.8) is 0 Å². The van der Waals surface area contributed by atoms with Crippen LogP contribution in [0.5, 0.6) is 0 Å². The van der Waals surface area contributed by atoms with E-state index < -0.39 is 64.9 Å². The van der Waals surface area contributed by atoms with Crippen LogP contribution < -0.4 is 0 Å². The van der Waals surface area contributed by atoms with E-state index in [0.717, 1.165) is 0 Å². The maximum atomic E-state index is 12.8. The number of aliphatic hydroxyl groups is 2. The standard InChI is InChI=1S/C38H42O16/c1-5-18-35(3,47-24-39)48-28(40)17-13-8-7-10-14-26-31(43)51-37(52-32(26)44)20-22-38(23-21-37)53-33(45)27(34(46)54-38)16-12-9-11-15-25-29(41)49-36(4,19-6-2)50-30(25)42/h7-17,24,40,45H,5-6,18-23H2,1-4H3/b10-7+,11-9+,13-8+,16-12+,25-15?,26-14?,28-17+. The van der Waals surface area contributed by atoms with Crippen molar-refractivity contribution in [3.8, 4) is 0 Å². The summed E-state index contributed by atoms with van der Waals surface area (Å²) in [6.45, 7) is 6.95. The highest BCUT2D eigenvalue weighted by Crippen LogP contribution is 2.45. The molecule has 0 bridgehead atoms. The number of carbonyl (C=O) groups excluding carboxylic acids is 6. The SMILES string of the molecule is CCCC1(C)OC(=O)C(=C/C=C/C=C/C2=C(O)OC3(CCC4(CC3)OC(=O)C(=C/C=C/C=C/C=C(\O)OC(C)(CCC)OC=O)C(=O)O4)OC2=O)C(=O)O1. The van der Waals surface area contributed by atoms with Crippen LogP contribution in [0.25, 0.3) is 0 Å². The highest BCUT2D eigenvalue weighted by Gasteiger charge is 2.56. The van der Waals surface area contributed by atoms with Crippen LogP contribution >= 0.6 is 0 Å². The molecule has 4 aliphatic rings. The topological polar surface area (TPSA) is 217 Å². The van der Waals surface area contributed by atoms with Gasteiger partial charge in [0.25, 0.3) is 41.5 Å². The first-order valence-corrected chi connectivity index (χ1v) is 17.2. The van der Waals surface area contributed by atoms with E-state index in [4.69, 9.17) is 37.9 Å². The molecule has 1 unspecified atom stereocenters. The van der Waals surface area contributed by atoms with E-state index in [9.17, 15) is 39.0 Å². The van der Waals surface area contributed by atoms with Crippen LogP contribution in [0, 0.1) is 0 Å². The zero-order valence-electron chi connectivity index (χ0n) is 30.2. The number of cyclic esters (lactones) is 2. The molecule has 3 fully saturated rings. The second kappa shape index (κ2) is 17.2. The lowest BCUT2D eigenvalue weighted by Crippen LogP contribution is -2.54. The van der Waals surface area contributed by atoms with Gasteiger partial charge in [-0.3, -0.25) is 4.79 Å². The number of rotatable bonds is 14. The van der Waals surface area contributed by atoms with Gasteiger partial charge in [-0.25, -0.2) is 24.0 Å². The summed E-state index contributed by atoms with van der Waals surface area (Å²) < 4.78 is 42.8. The monoisotopic (exact) mass is 754 g/mol. The first-order valence-electron chi connectivity index (χ1n) is 17.2. The quantitative estimate of drug-likeness (QED) is 0.0341. The predicted octanol–water partition coefficient (Wildman–Crippen LogP) is 5.20. The summed E-state index contributed by atoms with van der Waals surface area (Å²) in [6, 6.07) is 0. The van der Waals surface area contributed by atoms with Crippen LogP contribution in [0.2, 0.25) is 0 Å². The summed E-state index contributed by atoms with van der Waals surface area (Å²) in [4.78, 5) is 73.7. The molecule has 0 aromatic rings. The summed E-state index contributed by atoms with van der Waals surface area (Å²) in [7, 11) is 0. The summed E-state index contributed by atoms with van der Waals surface area (Å²) in [5.41, 5.74) is -0.989. The van der Waals surface area contributed by atoms with Gasteiger partial charge in [0.05, 0.1) is 0 Å². The Morgan fingerprint density at radius 2 is 1.22 bits per heavy atom. The molecule has 3 aliphatic heterocycles. The molecule has 0 aromatic heterocycles. The third-order valence-electron chi connectivity index (χ3n) is 8.45. The molecule has 1 aliphatic carbocycles. The van der Waals surface area contributed by atoms with Crippen LogP contribution in [-0.2, 0) is 66.7 Å². The molecule has 0 amide bonds. The normalized spacial score (nSPS) is 27.5. The van der Waals surface area contributed by atoms with E-state index in [1.807, 2.05) is 13.8 Å². The van der Waals surface area contributed by atoms with Crippen molar-refractivity contribution in [2.45, 2.75) is 102 Å². The van der Waals surface area contributed by atoms with Gasteiger partial charge < -0.3 is 48.1 Å². The first kappa shape index (κ1) is 40.7. The average Bonchev–Trinajstić information content (AvgIpc) is 3.07. The summed E-state index contributed by atoms with van der Waals surface area (Å²) >= 11 is 0. The third kappa shape index (κ3) is 10.1. The van der Waals surface area contributed by atoms with Gasteiger partial charge in [-0.05, 0) is 31.1 Å². The molecular formula is C38H42O16. The van der Waals surface area contributed by atoms with E-state index >= 15 is 0 Å². The molecule has 0 aromatic carbocycles. The molecule has 16 heteroatoms. The average molecular weight is 755 g/mol. The van der Waals surface area contributed by atoms with Gasteiger partial charge in [0, 0.05) is 58.4 Å². The Morgan fingerprint density at radius 3 is 1.74 bits per heavy atom. The highest BCUT2D eigenvalue weighted by atomic mass is 16.8. The van der Waals surface area contributed by atoms with Crippen LogP contribution in [0.3, 0.4) is 0 Å². The predicted molar refractivity (Wildman–Crippen MR) is 183 cm³/mol. The smallest absolute Gasteiger partial charge is 0.348 e. The Hall–Kier alpha value is -6.06. The first-order chi connectivity index (χ1) is 25.6. The van der Waals surface area contributed by atoms with Gasteiger partial charge >= 0.3 is 29.8 Å².